The topological polar surface area (TPSA) is 0 Å². The van der Waals surface area contributed by atoms with Gasteiger partial charge in [-0.05, 0) is 26.2 Å². The van der Waals surface area contributed by atoms with E-state index in [4.69, 9.17) is 0 Å². The van der Waals surface area contributed by atoms with Gasteiger partial charge in [0.05, 0.1) is 24.6 Å². The second-order valence-electron chi connectivity index (χ2n) is 5.95. The van der Waals surface area contributed by atoms with E-state index in [2.05, 4.69) is 27.7 Å². The first-order chi connectivity index (χ1) is 8.74. The lowest BCUT2D eigenvalue weighted by atomic mass is 10.3. The van der Waals surface area contributed by atoms with Gasteiger partial charge in [-0.1, -0.05) is 59.3 Å². The average Bonchev–Trinajstić information content (AvgIpc) is 2.39. The molecule has 0 aromatic carbocycles. The van der Waals surface area contributed by atoms with Crippen LogP contribution in [0.4, 0.5) is 0 Å². The maximum atomic E-state index is 2.48. The van der Waals surface area contributed by atoms with Gasteiger partial charge in [0.2, 0.25) is 0 Å². The lowest BCUT2D eigenvalue weighted by Crippen LogP contribution is -2.11. The van der Waals surface area contributed by atoms with Crippen molar-refractivity contribution in [1.29, 1.82) is 0 Å². The summed E-state index contributed by atoms with van der Waals surface area (Å²) in [5, 5.41) is 0. The number of rotatable bonds is 13. The van der Waals surface area contributed by atoms with Gasteiger partial charge < -0.3 is 0 Å². The highest BCUT2D eigenvalue weighted by molar-refractivity contribution is 7.75. The third kappa shape index (κ3) is 8.52. The van der Waals surface area contributed by atoms with Crippen molar-refractivity contribution in [2.24, 2.45) is 0 Å². The fraction of sp³-hybridized carbons (Fsp3) is 1.00. The van der Waals surface area contributed by atoms with Crippen LogP contribution in [-0.2, 0) is 0 Å². The SMILES string of the molecule is CCCCC[P+](CC)(CCCCC)CCCCC. The fourth-order valence-corrected chi connectivity index (χ4v) is 7.20. The number of hydrogen-bond donors (Lipinski definition) is 0. The molecule has 0 aliphatic heterocycles. The zero-order valence-electron chi connectivity index (χ0n) is 13.6. The standard InChI is InChI=1S/C17H38P/c1-5-9-12-15-18(8-4,16-13-10-6-2)17-14-11-7-3/h5-17H2,1-4H3/q+1. The third-order valence-corrected chi connectivity index (χ3v) is 9.52. The Bertz CT molecular complexity index is 138. The molecule has 0 unspecified atom stereocenters. The summed E-state index contributed by atoms with van der Waals surface area (Å²) in [5.74, 6) is 0. The van der Waals surface area contributed by atoms with Crippen molar-refractivity contribution in [3.63, 3.8) is 0 Å². The Morgan fingerprint density at radius 3 is 1.06 bits per heavy atom. The van der Waals surface area contributed by atoms with Gasteiger partial charge >= 0.3 is 0 Å². The van der Waals surface area contributed by atoms with E-state index in [1.165, 1.54) is 63.9 Å². The van der Waals surface area contributed by atoms with E-state index in [9.17, 15) is 0 Å². The highest BCUT2D eigenvalue weighted by Crippen LogP contribution is 2.60. The molecule has 0 amide bonds. The predicted molar refractivity (Wildman–Crippen MR) is 90.6 cm³/mol. The molecule has 0 saturated carbocycles. The molecule has 0 N–H and O–H groups in total. The van der Waals surface area contributed by atoms with Gasteiger partial charge in [0, 0.05) is 7.26 Å². The molecule has 0 saturated heterocycles. The molecule has 0 rings (SSSR count). The normalized spacial score (nSPS) is 12.0. The second kappa shape index (κ2) is 12.5. The van der Waals surface area contributed by atoms with Crippen molar-refractivity contribution >= 4 is 7.26 Å². The molecular weight excluding hydrogens is 235 g/mol. The first-order valence-electron chi connectivity index (χ1n) is 8.59. The first-order valence-corrected chi connectivity index (χ1v) is 11.1. The van der Waals surface area contributed by atoms with Crippen molar-refractivity contribution in [3.8, 4) is 0 Å². The van der Waals surface area contributed by atoms with Gasteiger partial charge in [-0.25, -0.2) is 0 Å². The maximum absolute atomic E-state index is 2.48. The molecule has 0 radical (unpaired) electrons. The zero-order chi connectivity index (χ0) is 13.7. The molecule has 0 aliphatic carbocycles. The van der Waals surface area contributed by atoms with Gasteiger partial charge in [0.25, 0.3) is 0 Å². The summed E-state index contributed by atoms with van der Waals surface area (Å²) in [5.41, 5.74) is 0. The Morgan fingerprint density at radius 2 is 0.833 bits per heavy atom. The smallest absolute Gasteiger partial charge is 0.0594 e. The van der Waals surface area contributed by atoms with Gasteiger partial charge in [0.1, 0.15) is 0 Å². The lowest BCUT2D eigenvalue weighted by Gasteiger charge is -2.27. The van der Waals surface area contributed by atoms with Crippen LogP contribution in [0.3, 0.4) is 0 Å². The van der Waals surface area contributed by atoms with Crippen molar-refractivity contribution in [2.75, 3.05) is 24.6 Å². The van der Waals surface area contributed by atoms with E-state index in [-0.39, 0.29) is 0 Å². The summed E-state index contributed by atoms with van der Waals surface area (Å²) in [6, 6.07) is 0. The zero-order valence-corrected chi connectivity index (χ0v) is 14.5. The van der Waals surface area contributed by atoms with E-state index in [1.807, 2.05) is 0 Å². The van der Waals surface area contributed by atoms with Gasteiger partial charge in [0.15, 0.2) is 0 Å². The maximum Gasteiger partial charge on any atom is 0.0594 e. The van der Waals surface area contributed by atoms with E-state index in [0.29, 0.717) is 0 Å². The summed E-state index contributed by atoms with van der Waals surface area (Å²) in [6.07, 6.45) is 19.4. The summed E-state index contributed by atoms with van der Waals surface area (Å²) in [7, 11) is -0.566. The van der Waals surface area contributed by atoms with Crippen LogP contribution in [0, 0.1) is 0 Å². The van der Waals surface area contributed by atoms with Crippen LogP contribution in [0.5, 0.6) is 0 Å². The van der Waals surface area contributed by atoms with Crippen LogP contribution < -0.4 is 0 Å². The Hall–Kier alpha value is 0.430. The van der Waals surface area contributed by atoms with Crippen LogP contribution in [0.2, 0.25) is 0 Å². The van der Waals surface area contributed by atoms with E-state index in [1.54, 1.807) is 18.5 Å². The Balaban J connectivity index is 4.20. The summed E-state index contributed by atoms with van der Waals surface area (Å²) in [6.45, 7) is 9.48. The van der Waals surface area contributed by atoms with Crippen molar-refractivity contribution in [3.05, 3.63) is 0 Å². The molecule has 0 bridgehead atoms. The number of unbranched alkanes of at least 4 members (excludes halogenated alkanes) is 6. The van der Waals surface area contributed by atoms with Crippen LogP contribution in [-0.4, -0.2) is 24.6 Å². The minimum Gasteiger partial charge on any atom is -0.0654 e. The van der Waals surface area contributed by atoms with Gasteiger partial charge in [-0.3, -0.25) is 0 Å². The van der Waals surface area contributed by atoms with Gasteiger partial charge in [-0.2, -0.15) is 0 Å². The highest BCUT2D eigenvalue weighted by Gasteiger charge is 2.33. The average molecular weight is 273 g/mol. The molecule has 0 fully saturated rings. The van der Waals surface area contributed by atoms with Crippen LogP contribution in [0.25, 0.3) is 0 Å². The van der Waals surface area contributed by atoms with Crippen molar-refractivity contribution < 1.29 is 0 Å². The molecule has 0 heterocycles. The molecule has 0 aromatic rings. The molecule has 0 atom stereocenters. The molecule has 0 aromatic heterocycles. The van der Waals surface area contributed by atoms with E-state index < -0.39 is 7.26 Å². The molecule has 0 aliphatic rings. The summed E-state index contributed by atoms with van der Waals surface area (Å²) in [4.78, 5) is 0. The minimum atomic E-state index is -0.566. The Labute approximate surface area is 118 Å². The van der Waals surface area contributed by atoms with Crippen LogP contribution >= 0.6 is 7.26 Å². The van der Waals surface area contributed by atoms with Crippen molar-refractivity contribution in [1.82, 2.24) is 0 Å². The molecular formula is C17H38P+. The van der Waals surface area contributed by atoms with E-state index in [0.717, 1.165) is 0 Å². The monoisotopic (exact) mass is 273 g/mol. The summed E-state index contributed by atoms with van der Waals surface area (Å²) < 4.78 is 0. The molecule has 110 valence electrons. The fourth-order valence-electron chi connectivity index (χ4n) is 2.90. The first kappa shape index (κ1) is 18.4. The lowest BCUT2D eigenvalue weighted by molar-refractivity contribution is 0.741. The highest BCUT2D eigenvalue weighted by atomic mass is 31.2. The molecule has 18 heavy (non-hydrogen) atoms. The second-order valence-corrected chi connectivity index (χ2v) is 10.6. The third-order valence-electron chi connectivity index (χ3n) is 4.38. The van der Waals surface area contributed by atoms with Crippen molar-refractivity contribution in [2.45, 2.75) is 85.5 Å². The van der Waals surface area contributed by atoms with Gasteiger partial charge in [-0.15, -0.1) is 0 Å². The van der Waals surface area contributed by atoms with E-state index >= 15 is 0 Å². The van der Waals surface area contributed by atoms with Crippen LogP contribution in [0.15, 0.2) is 0 Å². The Morgan fingerprint density at radius 1 is 0.500 bits per heavy atom. The largest absolute Gasteiger partial charge is 0.0654 e. The molecule has 0 nitrogen and oxygen atoms in total. The number of hydrogen-bond acceptors (Lipinski definition) is 0. The van der Waals surface area contributed by atoms with Crippen LogP contribution in [0.1, 0.15) is 85.5 Å². The molecule has 1 heteroatoms. The molecule has 0 spiro atoms. The minimum absolute atomic E-state index is 0.566. The quantitative estimate of drug-likeness (QED) is 0.262. The summed E-state index contributed by atoms with van der Waals surface area (Å²) >= 11 is 0. The predicted octanol–water partition coefficient (Wildman–Crippen LogP) is 6.59. The Kier molecular flexibility index (Phi) is 12.8.